The number of aryl methyl sites for hydroxylation is 2. The van der Waals surface area contributed by atoms with E-state index in [2.05, 4.69) is 98.0 Å². The fourth-order valence-corrected chi connectivity index (χ4v) is 26.3. The second-order valence-electron chi connectivity index (χ2n) is 10.5. The number of benzene rings is 2. The molecule has 31 heavy (non-hydrogen) atoms. The van der Waals surface area contributed by atoms with Gasteiger partial charge in [0.05, 0.1) is 0 Å². The molecule has 2 heteroatoms. The molecule has 0 saturated heterocycles. The Balaban J connectivity index is 0.000000367. The summed E-state index contributed by atoms with van der Waals surface area (Å²) in [5, 5.41) is 0. The Morgan fingerprint density at radius 1 is 0.645 bits per heavy atom. The third-order valence-corrected chi connectivity index (χ3v) is 28.4. The summed E-state index contributed by atoms with van der Waals surface area (Å²) in [7, 11) is 0. The van der Waals surface area contributed by atoms with Gasteiger partial charge in [-0.2, -0.15) is 0 Å². The number of hydrogen-bond donors (Lipinski definition) is 0. The van der Waals surface area contributed by atoms with Crippen molar-refractivity contribution in [3.05, 3.63) is 59.7 Å². The van der Waals surface area contributed by atoms with Crippen LogP contribution in [0.25, 0.3) is 0 Å². The van der Waals surface area contributed by atoms with Gasteiger partial charge in [0.1, 0.15) is 0 Å². The molecule has 2 aromatic carbocycles. The van der Waals surface area contributed by atoms with Gasteiger partial charge in [0, 0.05) is 0 Å². The van der Waals surface area contributed by atoms with Gasteiger partial charge in [-0.05, 0) is 0 Å². The zero-order chi connectivity index (χ0) is 23.3. The van der Waals surface area contributed by atoms with Crippen LogP contribution in [0.4, 0.5) is 0 Å². The first kappa shape index (κ1) is 29.1. The Labute approximate surface area is 203 Å². The minimum atomic E-state index is -2.14. The van der Waals surface area contributed by atoms with Crippen LogP contribution in [0.5, 0.6) is 0 Å². The van der Waals surface area contributed by atoms with E-state index in [1.165, 1.54) is 49.7 Å². The molecule has 0 aliphatic rings. The third kappa shape index (κ3) is 10.2. The predicted molar refractivity (Wildman–Crippen MR) is 150 cm³/mol. The molecule has 2 rings (SSSR count). The first-order valence-corrected chi connectivity index (χ1v) is 30.3. The molecule has 0 fully saturated rings. The van der Waals surface area contributed by atoms with E-state index in [-0.39, 0.29) is 0 Å². The predicted octanol–water partition coefficient (Wildman–Crippen LogP) is 8.59. The van der Waals surface area contributed by atoms with Gasteiger partial charge in [0.15, 0.2) is 0 Å². The van der Waals surface area contributed by atoms with E-state index in [4.69, 9.17) is 0 Å². The van der Waals surface area contributed by atoms with Gasteiger partial charge in [-0.3, -0.25) is 0 Å². The van der Waals surface area contributed by atoms with Crippen molar-refractivity contribution in [2.45, 2.75) is 101 Å². The van der Waals surface area contributed by atoms with Gasteiger partial charge >= 0.3 is 205 Å². The molecule has 0 N–H and O–H groups in total. The van der Waals surface area contributed by atoms with E-state index in [1.54, 1.807) is 16.9 Å². The first-order valence-electron chi connectivity index (χ1n) is 12.8. The van der Waals surface area contributed by atoms with Crippen LogP contribution in [0.2, 0.25) is 28.1 Å². The summed E-state index contributed by atoms with van der Waals surface area (Å²) < 4.78 is 8.20. The summed E-state index contributed by atoms with van der Waals surface area (Å²) in [5.41, 5.74) is 2.95. The molecule has 0 atom stereocenters. The second kappa shape index (κ2) is 15.0. The van der Waals surface area contributed by atoms with Crippen molar-refractivity contribution in [2.75, 3.05) is 0 Å². The molecule has 0 unspecified atom stereocenters. The van der Waals surface area contributed by atoms with Crippen LogP contribution in [0, 0.1) is 13.8 Å². The SMILES string of the molecule is CCC[CH2][Sn]([CH2]CCC)([CH2]CCC)[c]1cccc(C)c1.Cc1cccc[c]1[Sn]([CH3])([CH3])[CH3]. The standard InChI is InChI=1S/2C7H7.3C4H9.3CH3.2Sn/c2*1-7-5-3-2-4-6-7;3*1-3-4-2;;;;;/h2-3,5-6H,1H3;2-5H,1H3;3*1,3-4H2,2H3;3*1H3;;. The first-order chi connectivity index (χ1) is 14.7. The number of unbranched alkanes of at least 4 members (excludes halogenated alkanes) is 3. The molecular formula is C29H50Sn2. The van der Waals surface area contributed by atoms with E-state index in [9.17, 15) is 0 Å². The molecule has 0 aromatic heterocycles. The van der Waals surface area contributed by atoms with Gasteiger partial charge in [-0.25, -0.2) is 0 Å². The van der Waals surface area contributed by atoms with Crippen LogP contribution in [0.3, 0.4) is 0 Å². The maximum absolute atomic E-state index is 2.54. The molecule has 0 radical (unpaired) electrons. The van der Waals surface area contributed by atoms with Crippen LogP contribution < -0.4 is 7.16 Å². The van der Waals surface area contributed by atoms with Gasteiger partial charge in [-0.15, -0.1) is 0 Å². The molecule has 0 aliphatic heterocycles. The van der Waals surface area contributed by atoms with Gasteiger partial charge < -0.3 is 0 Å². The maximum atomic E-state index is 2.54. The molecule has 0 heterocycles. The summed E-state index contributed by atoms with van der Waals surface area (Å²) >= 11 is -3.91. The van der Waals surface area contributed by atoms with E-state index in [0.717, 1.165) is 0 Å². The normalized spacial score (nSPS) is 11.7. The van der Waals surface area contributed by atoms with Crippen molar-refractivity contribution >= 4 is 43.9 Å². The minimum absolute atomic E-state index is 1.36. The molecule has 0 amide bonds. The van der Waals surface area contributed by atoms with E-state index >= 15 is 0 Å². The van der Waals surface area contributed by atoms with E-state index < -0.39 is 36.8 Å². The average molecular weight is 636 g/mol. The molecule has 0 saturated carbocycles. The monoisotopic (exact) mass is 638 g/mol. The molecule has 0 aliphatic carbocycles. The van der Waals surface area contributed by atoms with Crippen molar-refractivity contribution in [1.82, 2.24) is 0 Å². The Morgan fingerprint density at radius 3 is 1.55 bits per heavy atom. The van der Waals surface area contributed by atoms with Crippen LogP contribution >= 0.6 is 0 Å². The van der Waals surface area contributed by atoms with Gasteiger partial charge in [0.2, 0.25) is 0 Å². The van der Waals surface area contributed by atoms with E-state index in [1.807, 2.05) is 3.58 Å². The van der Waals surface area contributed by atoms with Crippen LogP contribution in [-0.4, -0.2) is 36.8 Å². The zero-order valence-electron chi connectivity index (χ0n) is 22.0. The Morgan fingerprint density at radius 2 is 1.16 bits per heavy atom. The molecule has 0 bridgehead atoms. The van der Waals surface area contributed by atoms with Crippen molar-refractivity contribution < 1.29 is 0 Å². The van der Waals surface area contributed by atoms with Crippen molar-refractivity contribution in [3.8, 4) is 0 Å². The number of hydrogen-bond acceptors (Lipinski definition) is 0. The summed E-state index contributed by atoms with van der Waals surface area (Å²) in [6.07, 6.45) is 8.46. The van der Waals surface area contributed by atoms with Crippen LogP contribution in [-0.2, 0) is 0 Å². The molecular weight excluding hydrogens is 586 g/mol. The summed E-state index contributed by atoms with van der Waals surface area (Å²) in [5.74, 6) is 0. The summed E-state index contributed by atoms with van der Waals surface area (Å²) in [4.78, 5) is 7.37. The van der Waals surface area contributed by atoms with Crippen molar-refractivity contribution in [1.29, 1.82) is 0 Å². The van der Waals surface area contributed by atoms with Gasteiger partial charge in [0.25, 0.3) is 0 Å². The second-order valence-corrected chi connectivity index (χ2v) is 38.1. The average Bonchev–Trinajstić information content (AvgIpc) is 2.73. The molecule has 2 aromatic rings. The molecule has 0 nitrogen and oxygen atoms in total. The number of rotatable bonds is 11. The molecule has 174 valence electrons. The summed E-state index contributed by atoms with van der Waals surface area (Å²) in [6.45, 7) is 11.5. The summed E-state index contributed by atoms with van der Waals surface area (Å²) in [6, 6.07) is 18.4. The quantitative estimate of drug-likeness (QED) is 0.217. The topological polar surface area (TPSA) is 0 Å². The van der Waals surface area contributed by atoms with Crippen LogP contribution in [0.1, 0.15) is 70.4 Å². The van der Waals surface area contributed by atoms with E-state index in [0.29, 0.717) is 0 Å². The van der Waals surface area contributed by atoms with Crippen molar-refractivity contribution in [2.24, 2.45) is 0 Å². The molecule has 0 spiro atoms. The van der Waals surface area contributed by atoms with Crippen molar-refractivity contribution in [3.63, 3.8) is 0 Å². The fourth-order valence-electron chi connectivity index (χ4n) is 4.74. The van der Waals surface area contributed by atoms with Gasteiger partial charge in [-0.1, -0.05) is 0 Å². The van der Waals surface area contributed by atoms with Crippen LogP contribution in [0.15, 0.2) is 48.5 Å². The third-order valence-electron chi connectivity index (χ3n) is 6.61. The fraction of sp³-hybridized carbons (Fsp3) is 0.586. The Bertz CT molecular complexity index is 721. The Hall–Kier alpha value is 0.0374. The zero-order valence-corrected chi connectivity index (χ0v) is 27.7. The Kier molecular flexibility index (Phi) is 14.1.